The van der Waals surface area contributed by atoms with Crippen molar-refractivity contribution in [3.63, 3.8) is 0 Å². The Kier molecular flexibility index (Phi) is 13.1. The van der Waals surface area contributed by atoms with Crippen LogP contribution in [0.3, 0.4) is 0 Å². The molecule has 1 spiro atoms. The molecule has 3 fully saturated rings. The van der Waals surface area contributed by atoms with E-state index >= 15 is 9.59 Å². The largest absolute Gasteiger partial charge is 0.455 e. The lowest BCUT2D eigenvalue weighted by atomic mass is 9.70. The van der Waals surface area contributed by atoms with Crippen molar-refractivity contribution in [2.75, 3.05) is 31.8 Å². The summed E-state index contributed by atoms with van der Waals surface area (Å²) in [5.41, 5.74) is 1.29. The lowest BCUT2D eigenvalue weighted by Crippen LogP contribution is -2.59. The first-order valence-electron chi connectivity index (χ1n) is 19.1. The molecule has 11 nitrogen and oxygen atoms in total. The number of carbonyl (C=O) groups is 4. The molecule has 2 bridgehead atoms. The number of fused-ring (bicyclic) bond motifs is 1. The molecule has 0 aliphatic carbocycles. The third-order valence-electron chi connectivity index (χ3n) is 11.2. The molecule has 3 saturated heterocycles. The number of aliphatic hydroxyl groups is 1. The van der Waals surface area contributed by atoms with E-state index < -0.39 is 72.2 Å². The number of halogens is 1. The van der Waals surface area contributed by atoms with Gasteiger partial charge in [-0.3, -0.25) is 19.2 Å². The lowest BCUT2D eigenvalue weighted by molar-refractivity contribution is -0.163. The van der Waals surface area contributed by atoms with Gasteiger partial charge in [0.1, 0.15) is 17.7 Å². The van der Waals surface area contributed by atoms with Crippen LogP contribution in [0.1, 0.15) is 48.5 Å². The van der Waals surface area contributed by atoms with Crippen molar-refractivity contribution < 1.29 is 38.5 Å². The molecule has 56 heavy (non-hydrogen) atoms. The molecule has 0 unspecified atom stereocenters. The first-order chi connectivity index (χ1) is 27.1. The summed E-state index contributed by atoms with van der Waals surface area (Å²) in [6.07, 6.45) is 3.17. The van der Waals surface area contributed by atoms with E-state index in [1.807, 2.05) is 49.4 Å². The molecule has 6 rings (SSSR count). The first kappa shape index (κ1) is 40.8. The molecule has 3 aliphatic rings. The van der Waals surface area contributed by atoms with Gasteiger partial charge >= 0.3 is 5.97 Å². The van der Waals surface area contributed by atoms with E-state index in [4.69, 9.17) is 25.8 Å². The van der Waals surface area contributed by atoms with Crippen LogP contribution in [-0.2, 0) is 39.8 Å². The van der Waals surface area contributed by atoms with E-state index in [1.165, 1.54) is 16.9 Å². The van der Waals surface area contributed by atoms with Crippen molar-refractivity contribution >= 4 is 41.0 Å². The fraction of sp³-hybridized carbons (Fsp3) is 0.409. The van der Waals surface area contributed by atoms with Crippen molar-refractivity contribution in [1.82, 2.24) is 10.2 Å². The predicted molar refractivity (Wildman–Crippen MR) is 213 cm³/mol. The molecule has 2 N–H and O–H groups in total. The van der Waals surface area contributed by atoms with Crippen LogP contribution in [0.2, 0.25) is 5.02 Å². The van der Waals surface area contributed by atoms with Gasteiger partial charge in [-0.25, -0.2) is 0 Å². The number of anilines is 1. The monoisotopic (exact) mass is 783 g/mol. The molecule has 3 aromatic rings. The summed E-state index contributed by atoms with van der Waals surface area (Å²) >= 11 is 6.75. The van der Waals surface area contributed by atoms with Gasteiger partial charge in [-0.15, -0.1) is 13.2 Å². The van der Waals surface area contributed by atoms with Crippen LogP contribution in [-0.4, -0.2) is 90.4 Å². The van der Waals surface area contributed by atoms with Gasteiger partial charge in [0.25, 0.3) is 5.91 Å². The quantitative estimate of drug-likeness (QED) is 0.127. The number of aryl methyl sites for hydroxylation is 1. The van der Waals surface area contributed by atoms with Gasteiger partial charge in [0, 0.05) is 20.1 Å². The molecular formula is C44H50ClN3O8. The first-order valence-corrected chi connectivity index (χ1v) is 19.4. The number of rotatable bonds is 18. The second kappa shape index (κ2) is 18.0. The smallest absolute Gasteiger partial charge is 0.313 e. The number of hydrogen-bond acceptors (Lipinski definition) is 8. The van der Waals surface area contributed by atoms with Gasteiger partial charge in [-0.05, 0) is 55.4 Å². The fourth-order valence-electron chi connectivity index (χ4n) is 8.83. The minimum absolute atomic E-state index is 0.0339. The van der Waals surface area contributed by atoms with Gasteiger partial charge in [0.05, 0.1) is 53.9 Å². The van der Waals surface area contributed by atoms with Crippen LogP contribution < -0.4 is 10.2 Å². The van der Waals surface area contributed by atoms with Gasteiger partial charge in [0.2, 0.25) is 11.8 Å². The van der Waals surface area contributed by atoms with Crippen LogP contribution >= 0.6 is 11.6 Å². The van der Waals surface area contributed by atoms with Crippen molar-refractivity contribution in [2.45, 2.75) is 75.0 Å². The standard InChI is InChI=1S/C44H50ClN3O8/c1-5-7-21-35(50)46-33(27-54-4)39(30-18-12-9-13-19-30)55-43(53)36-34-22-23-44(56-34)37(36)41(51)48(31(26-49)25-29-16-10-8-11-17-29)40(44)42(52)47(24-6-2)38-28(3)15-14-20-32(38)45/h5-6,8-20,31,33-34,36-37,39-40,49H,1-2,7,21-27H2,3-4H3,(H,46,50)/t31-,33-,34+,36-,37-,39-,40+,44-/m1/s1. The highest BCUT2D eigenvalue weighted by Crippen LogP contribution is 2.59. The van der Waals surface area contributed by atoms with Crippen LogP contribution in [0.15, 0.2) is 104 Å². The van der Waals surface area contributed by atoms with Gasteiger partial charge in [-0.2, -0.15) is 0 Å². The lowest BCUT2D eigenvalue weighted by Gasteiger charge is -2.39. The molecule has 0 radical (unpaired) electrons. The molecule has 3 heterocycles. The molecule has 3 amide bonds. The number of methoxy groups -OCH3 is 1. The third-order valence-corrected chi connectivity index (χ3v) is 11.5. The Morgan fingerprint density at radius 2 is 1.79 bits per heavy atom. The Balaban J connectivity index is 1.41. The molecule has 296 valence electrons. The second-order valence-electron chi connectivity index (χ2n) is 14.7. The van der Waals surface area contributed by atoms with Gasteiger partial charge in [0.15, 0.2) is 0 Å². The molecule has 3 aromatic carbocycles. The molecule has 0 saturated carbocycles. The van der Waals surface area contributed by atoms with E-state index in [1.54, 1.807) is 48.6 Å². The average molecular weight is 784 g/mol. The van der Waals surface area contributed by atoms with E-state index in [9.17, 15) is 14.7 Å². The van der Waals surface area contributed by atoms with Crippen LogP contribution in [0.25, 0.3) is 0 Å². The predicted octanol–water partition coefficient (Wildman–Crippen LogP) is 5.53. The number of nitrogens with zero attached hydrogens (tertiary/aromatic N) is 2. The summed E-state index contributed by atoms with van der Waals surface area (Å²) in [5.74, 6) is -4.05. The number of amides is 3. The van der Waals surface area contributed by atoms with Crippen molar-refractivity contribution in [1.29, 1.82) is 0 Å². The summed E-state index contributed by atoms with van der Waals surface area (Å²) < 4.78 is 18.6. The molecular weight excluding hydrogens is 734 g/mol. The number of likely N-dealkylation sites (tertiary alicyclic amines) is 1. The van der Waals surface area contributed by atoms with E-state index in [0.717, 1.165) is 11.1 Å². The van der Waals surface area contributed by atoms with Crippen molar-refractivity contribution in [2.24, 2.45) is 11.8 Å². The zero-order chi connectivity index (χ0) is 40.0. The average Bonchev–Trinajstić information content (AvgIpc) is 3.85. The summed E-state index contributed by atoms with van der Waals surface area (Å²) in [7, 11) is 1.50. The minimum Gasteiger partial charge on any atom is -0.455 e. The second-order valence-corrected chi connectivity index (χ2v) is 15.1. The maximum absolute atomic E-state index is 15.3. The highest BCUT2D eigenvalue weighted by atomic mass is 35.5. The summed E-state index contributed by atoms with van der Waals surface area (Å²) in [5, 5.41) is 14.3. The maximum Gasteiger partial charge on any atom is 0.313 e. The summed E-state index contributed by atoms with van der Waals surface area (Å²) in [4.78, 5) is 61.0. The topological polar surface area (TPSA) is 135 Å². The molecule has 8 atom stereocenters. The minimum atomic E-state index is -1.41. The fourth-order valence-corrected chi connectivity index (χ4v) is 9.15. The highest BCUT2D eigenvalue weighted by Gasteiger charge is 2.76. The number of hydrogen-bond donors (Lipinski definition) is 2. The van der Waals surface area contributed by atoms with Gasteiger partial charge < -0.3 is 34.4 Å². The highest BCUT2D eigenvalue weighted by molar-refractivity contribution is 6.34. The number of nitrogens with one attached hydrogen (secondary N) is 1. The number of carbonyl (C=O) groups excluding carboxylic acids is 4. The molecule has 0 aromatic heterocycles. The van der Waals surface area contributed by atoms with Gasteiger partial charge in [-0.1, -0.05) is 96.5 Å². The Hall–Kier alpha value is -4.81. The Morgan fingerprint density at radius 3 is 2.43 bits per heavy atom. The summed E-state index contributed by atoms with van der Waals surface area (Å²) in [6, 6.07) is 21.0. The number of allylic oxidation sites excluding steroid dienone is 1. The number of ether oxygens (including phenoxy) is 3. The van der Waals surface area contributed by atoms with Crippen LogP contribution in [0.5, 0.6) is 0 Å². The number of para-hydroxylation sites is 1. The number of aliphatic hydroxyl groups excluding tert-OH is 1. The zero-order valence-corrected chi connectivity index (χ0v) is 32.6. The normalized spacial score (nSPS) is 23.9. The molecule has 12 heteroatoms. The zero-order valence-electron chi connectivity index (χ0n) is 31.9. The Morgan fingerprint density at radius 1 is 1.07 bits per heavy atom. The molecule has 3 aliphatic heterocycles. The van der Waals surface area contributed by atoms with Crippen LogP contribution in [0.4, 0.5) is 5.69 Å². The Bertz CT molecular complexity index is 1890. The SMILES string of the molecule is C=CCCC(=O)N[C@H](COC)[C@H](OC(=O)[C@@H]1[C@@H]2CC[C@]3(O2)[C@H](C(=O)N(CC=C)c2c(C)cccc2Cl)N([C@@H](CO)Cc2ccccc2)C(=O)[C@@H]13)c1ccccc1. The van der Waals surface area contributed by atoms with Crippen LogP contribution in [0, 0.1) is 18.8 Å². The van der Waals surface area contributed by atoms with E-state index in [2.05, 4.69) is 18.5 Å². The van der Waals surface area contributed by atoms with Crippen molar-refractivity contribution in [3.8, 4) is 0 Å². The number of benzene rings is 3. The number of esters is 1. The Labute approximate surface area is 333 Å². The summed E-state index contributed by atoms with van der Waals surface area (Å²) in [6.45, 7) is 9.12. The van der Waals surface area contributed by atoms with E-state index in [0.29, 0.717) is 35.5 Å². The van der Waals surface area contributed by atoms with Crippen molar-refractivity contribution in [3.05, 3.63) is 126 Å². The maximum atomic E-state index is 15.3. The third kappa shape index (κ3) is 7.91. The van der Waals surface area contributed by atoms with E-state index in [-0.39, 0.29) is 31.9 Å².